The van der Waals surface area contributed by atoms with Gasteiger partial charge in [-0.25, -0.2) is 0 Å². The van der Waals surface area contributed by atoms with Crippen LogP contribution in [0.4, 0.5) is 0 Å². The lowest BCUT2D eigenvalue weighted by Crippen LogP contribution is -2.33. The molecule has 0 aliphatic heterocycles. The Morgan fingerprint density at radius 2 is 2.00 bits per heavy atom. The molecule has 1 atom stereocenters. The molecular formula is C10H21NO. The number of hydrogen-bond acceptors (Lipinski definition) is 2. The summed E-state index contributed by atoms with van der Waals surface area (Å²) in [6.45, 7) is 8.05. The first kappa shape index (κ1) is 11.6. The van der Waals surface area contributed by atoms with Crippen LogP contribution in [-0.4, -0.2) is 11.8 Å². The molecule has 0 bridgehead atoms. The molecular weight excluding hydrogens is 150 g/mol. The minimum atomic E-state index is -0.272. The molecule has 0 aromatic heterocycles. The Labute approximate surface area is 75.5 Å². The number of nitrogens with two attached hydrogens (primary N) is 1. The maximum absolute atomic E-state index is 10.9. The molecule has 72 valence electrons. The van der Waals surface area contributed by atoms with E-state index in [0.29, 0.717) is 0 Å². The largest absolute Gasteiger partial charge is 0.322 e. The molecule has 0 unspecified atom stereocenters. The van der Waals surface area contributed by atoms with Gasteiger partial charge in [0.15, 0.2) is 0 Å². The predicted octanol–water partition coefficient (Wildman–Crippen LogP) is 2.12. The van der Waals surface area contributed by atoms with Crippen LogP contribution in [0.2, 0.25) is 0 Å². The predicted molar refractivity (Wildman–Crippen MR) is 52.0 cm³/mol. The van der Waals surface area contributed by atoms with Crippen molar-refractivity contribution in [2.75, 3.05) is 0 Å². The van der Waals surface area contributed by atoms with Crippen molar-refractivity contribution in [1.29, 1.82) is 0 Å². The van der Waals surface area contributed by atoms with E-state index in [1.54, 1.807) is 6.92 Å². The van der Waals surface area contributed by atoms with Crippen molar-refractivity contribution in [3.05, 3.63) is 0 Å². The zero-order chi connectivity index (χ0) is 9.78. The number of Topliss-reactive ketones (excluding diaryl/α,β-unsaturated/α-hetero) is 1. The highest BCUT2D eigenvalue weighted by Gasteiger charge is 2.22. The Morgan fingerprint density at radius 1 is 1.50 bits per heavy atom. The van der Waals surface area contributed by atoms with Gasteiger partial charge >= 0.3 is 0 Å². The summed E-state index contributed by atoms with van der Waals surface area (Å²) < 4.78 is 0. The summed E-state index contributed by atoms with van der Waals surface area (Å²) in [5.41, 5.74) is 5.89. The minimum absolute atomic E-state index is 0.0965. The van der Waals surface area contributed by atoms with E-state index in [1.807, 2.05) is 0 Å². The Balaban J connectivity index is 3.95. The van der Waals surface area contributed by atoms with Gasteiger partial charge in [-0.1, -0.05) is 27.2 Å². The van der Waals surface area contributed by atoms with Gasteiger partial charge in [0, 0.05) is 0 Å². The fraction of sp³-hybridized carbons (Fsp3) is 0.900. The van der Waals surface area contributed by atoms with E-state index < -0.39 is 0 Å². The molecule has 0 aliphatic rings. The fourth-order valence-corrected chi connectivity index (χ4v) is 1.52. The molecule has 0 spiro atoms. The summed E-state index contributed by atoms with van der Waals surface area (Å²) in [6.07, 6.45) is 3.09. The highest BCUT2D eigenvalue weighted by atomic mass is 16.1. The van der Waals surface area contributed by atoms with Gasteiger partial charge in [-0.05, 0) is 25.2 Å². The van der Waals surface area contributed by atoms with Gasteiger partial charge in [0.1, 0.15) is 5.78 Å². The van der Waals surface area contributed by atoms with Crippen LogP contribution < -0.4 is 5.73 Å². The van der Waals surface area contributed by atoms with Gasteiger partial charge in [0.2, 0.25) is 0 Å². The first-order valence-electron chi connectivity index (χ1n) is 4.65. The Hall–Kier alpha value is -0.370. The molecule has 0 fully saturated rings. The third-order valence-corrected chi connectivity index (χ3v) is 2.22. The van der Waals surface area contributed by atoms with Gasteiger partial charge in [-0.3, -0.25) is 4.79 Å². The van der Waals surface area contributed by atoms with Crippen molar-refractivity contribution in [2.45, 2.75) is 53.0 Å². The van der Waals surface area contributed by atoms with Crippen LogP contribution in [0.15, 0.2) is 0 Å². The van der Waals surface area contributed by atoms with Gasteiger partial charge < -0.3 is 5.73 Å². The minimum Gasteiger partial charge on any atom is -0.322 e. The van der Waals surface area contributed by atoms with Crippen LogP contribution >= 0.6 is 0 Å². The summed E-state index contributed by atoms with van der Waals surface area (Å²) >= 11 is 0. The lowest BCUT2D eigenvalue weighted by Gasteiger charge is -2.26. The van der Waals surface area contributed by atoms with E-state index in [-0.39, 0.29) is 17.2 Å². The van der Waals surface area contributed by atoms with Crippen molar-refractivity contribution >= 4 is 5.78 Å². The molecule has 0 aromatic rings. The SMILES string of the molecule is CCCC(C)(C)C[C@H](N)C(C)=O. The average Bonchev–Trinajstić information content (AvgIpc) is 1.85. The molecule has 0 aliphatic carbocycles. The second kappa shape index (κ2) is 4.61. The first-order chi connectivity index (χ1) is 5.39. The Morgan fingerprint density at radius 3 is 2.33 bits per heavy atom. The van der Waals surface area contributed by atoms with Crippen LogP contribution in [0.5, 0.6) is 0 Å². The fourth-order valence-electron chi connectivity index (χ4n) is 1.52. The van der Waals surface area contributed by atoms with Crippen molar-refractivity contribution < 1.29 is 4.79 Å². The van der Waals surface area contributed by atoms with Crippen LogP contribution in [0.1, 0.15) is 47.0 Å². The van der Waals surface area contributed by atoms with Crippen molar-refractivity contribution in [1.82, 2.24) is 0 Å². The van der Waals surface area contributed by atoms with Crippen LogP contribution in [0.25, 0.3) is 0 Å². The number of rotatable bonds is 5. The molecule has 12 heavy (non-hydrogen) atoms. The standard InChI is InChI=1S/C10H21NO/c1-5-6-10(3,4)7-9(11)8(2)12/h9H,5-7,11H2,1-4H3/t9-/m0/s1. The highest BCUT2D eigenvalue weighted by molar-refractivity contribution is 5.81. The number of carbonyl (C=O) groups excluding carboxylic acids is 1. The molecule has 2 heteroatoms. The van der Waals surface area contributed by atoms with Crippen molar-refractivity contribution in [3.63, 3.8) is 0 Å². The quantitative estimate of drug-likeness (QED) is 0.688. The summed E-state index contributed by atoms with van der Waals surface area (Å²) in [5.74, 6) is 0.0965. The Bertz CT molecular complexity index is 152. The summed E-state index contributed by atoms with van der Waals surface area (Å²) in [7, 11) is 0. The maximum Gasteiger partial charge on any atom is 0.146 e. The van der Waals surface area contributed by atoms with E-state index in [0.717, 1.165) is 19.3 Å². The third kappa shape index (κ3) is 4.50. The molecule has 2 N–H and O–H groups in total. The molecule has 0 rings (SSSR count). The summed E-state index contributed by atoms with van der Waals surface area (Å²) in [5, 5.41) is 0. The van der Waals surface area contributed by atoms with E-state index in [9.17, 15) is 4.79 Å². The van der Waals surface area contributed by atoms with E-state index in [4.69, 9.17) is 5.73 Å². The van der Waals surface area contributed by atoms with Gasteiger partial charge in [0.05, 0.1) is 6.04 Å². The van der Waals surface area contributed by atoms with E-state index in [1.165, 1.54) is 0 Å². The molecule has 0 heterocycles. The second-order valence-electron chi connectivity index (χ2n) is 4.34. The topological polar surface area (TPSA) is 43.1 Å². The van der Waals surface area contributed by atoms with Gasteiger partial charge in [-0.2, -0.15) is 0 Å². The van der Waals surface area contributed by atoms with Gasteiger partial charge in [-0.15, -0.1) is 0 Å². The normalized spacial score (nSPS) is 14.4. The molecule has 0 radical (unpaired) electrons. The number of carbonyl (C=O) groups is 1. The third-order valence-electron chi connectivity index (χ3n) is 2.22. The summed E-state index contributed by atoms with van der Waals surface area (Å²) in [6, 6.07) is -0.272. The smallest absolute Gasteiger partial charge is 0.146 e. The lowest BCUT2D eigenvalue weighted by molar-refractivity contribution is -0.118. The van der Waals surface area contributed by atoms with Crippen LogP contribution in [0.3, 0.4) is 0 Å². The van der Waals surface area contributed by atoms with E-state index in [2.05, 4.69) is 20.8 Å². The number of hydrogen-bond donors (Lipinski definition) is 1. The maximum atomic E-state index is 10.9. The molecule has 0 aromatic carbocycles. The first-order valence-corrected chi connectivity index (χ1v) is 4.65. The van der Waals surface area contributed by atoms with Crippen molar-refractivity contribution in [2.24, 2.45) is 11.1 Å². The van der Waals surface area contributed by atoms with Gasteiger partial charge in [0.25, 0.3) is 0 Å². The second-order valence-corrected chi connectivity index (χ2v) is 4.34. The Kier molecular flexibility index (Phi) is 4.46. The zero-order valence-corrected chi connectivity index (χ0v) is 8.68. The van der Waals surface area contributed by atoms with E-state index >= 15 is 0 Å². The lowest BCUT2D eigenvalue weighted by atomic mass is 9.81. The van der Waals surface area contributed by atoms with Crippen LogP contribution in [-0.2, 0) is 4.79 Å². The highest BCUT2D eigenvalue weighted by Crippen LogP contribution is 2.27. The number of ketones is 1. The van der Waals surface area contributed by atoms with Crippen molar-refractivity contribution in [3.8, 4) is 0 Å². The zero-order valence-electron chi connectivity index (χ0n) is 8.68. The molecule has 2 nitrogen and oxygen atoms in total. The monoisotopic (exact) mass is 171 g/mol. The average molecular weight is 171 g/mol. The molecule has 0 saturated heterocycles. The van der Waals surface area contributed by atoms with Crippen LogP contribution in [0, 0.1) is 5.41 Å². The summed E-state index contributed by atoms with van der Waals surface area (Å²) in [4.78, 5) is 10.9. The molecule has 0 saturated carbocycles. The molecule has 0 amide bonds.